The number of piperidine rings is 1. The standard InChI is InChI=1S/C13H20N4O3/c1-19-12-10(13(20-2)17-8-16-12)11(18)15-7-9-5-3-4-6-14-9/h8-9,14H,3-7H2,1-2H3,(H,15,18)/t9-/m1/s1. The Morgan fingerprint density at radius 1 is 1.35 bits per heavy atom. The molecule has 2 rings (SSSR count). The van der Waals surface area contributed by atoms with Crippen LogP contribution in [0.5, 0.6) is 11.8 Å². The van der Waals surface area contributed by atoms with Crippen LogP contribution in [-0.2, 0) is 0 Å². The molecule has 0 spiro atoms. The smallest absolute Gasteiger partial charge is 0.262 e. The van der Waals surface area contributed by atoms with Crippen LogP contribution in [-0.4, -0.2) is 49.2 Å². The maximum Gasteiger partial charge on any atom is 0.262 e. The van der Waals surface area contributed by atoms with Crippen molar-refractivity contribution < 1.29 is 14.3 Å². The fourth-order valence-electron chi connectivity index (χ4n) is 2.26. The lowest BCUT2D eigenvalue weighted by Gasteiger charge is -2.23. The quantitative estimate of drug-likeness (QED) is 0.810. The molecule has 7 nitrogen and oxygen atoms in total. The number of nitrogens with zero attached hydrogens (tertiary/aromatic N) is 2. The van der Waals surface area contributed by atoms with Crippen LogP contribution < -0.4 is 20.1 Å². The molecule has 0 radical (unpaired) electrons. The lowest BCUT2D eigenvalue weighted by Crippen LogP contribution is -2.43. The number of rotatable bonds is 5. The predicted molar refractivity (Wildman–Crippen MR) is 73.1 cm³/mol. The van der Waals surface area contributed by atoms with Gasteiger partial charge in [0.05, 0.1) is 14.2 Å². The number of hydrogen-bond donors (Lipinski definition) is 2. The zero-order valence-electron chi connectivity index (χ0n) is 11.8. The van der Waals surface area contributed by atoms with Crippen molar-refractivity contribution in [3.05, 3.63) is 11.9 Å². The zero-order valence-corrected chi connectivity index (χ0v) is 11.8. The number of carbonyl (C=O) groups excluding carboxylic acids is 1. The molecule has 1 amide bonds. The minimum absolute atomic E-state index is 0.214. The average Bonchev–Trinajstić information content (AvgIpc) is 2.52. The predicted octanol–water partition coefficient (Wildman–Crippen LogP) is 0.366. The van der Waals surface area contributed by atoms with E-state index in [1.165, 1.54) is 33.4 Å². The van der Waals surface area contributed by atoms with Crippen LogP contribution in [0.25, 0.3) is 0 Å². The Bertz CT molecular complexity index is 439. The van der Waals surface area contributed by atoms with Gasteiger partial charge in [-0.05, 0) is 19.4 Å². The first-order chi connectivity index (χ1) is 9.76. The topological polar surface area (TPSA) is 85.4 Å². The summed E-state index contributed by atoms with van der Waals surface area (Å²) in [6.07, 6.45) is 4.75. The first kappa shape index (κ1) is 14.5. The molecule has 2 N–H and O–H groups in total. The normalized spacial score (nSPS) is 18.4. The second-order valence-electron chi connectivity index (χ2n) is 4.62. The second kappa shape index (κ2) is 7.04. The van der Waals surface area contributed by atoms with E-state index in [-0.39, 0.29) is 23.2 Å². The maximum absolute atomic E-state index is 12.3. The van der Waals surface area contributed by atoms with Gasteiger partial charge in [0.1, 0.15) is 6.33 Å². The Morgan fingerprint density at radius 3 is 2.60 bits per heavy atom. The lowest BCUT2D eigenvalue weighted by atomic mass is 10.1. The van der Waals surface area contributed by atoms with Gasteiger partial charge in [0.25, 0.3) is 5.91 Å². The molecule has 0 saturated carbocycles. The highest BCUT2D eigenvalue weighted by molar-refractivity contribution is 5.98. The van der Waals surface area contributed by atoms with E-state index >= 15 is 0 Å². The van der Waals surface area contributed by atoms with Crippen molar-refractivity contribution in [2.45, 2.75) is 25.3 Å². The van der Waals surface area contributed by atoms with Gasteiger partial charge in [-0.1, -0.05) is 6.42 Å². The van der Waals surface area contributed by atoms with Crippen molar-refractivity contribution in [2.75, 3.05) is 27.3 Å². The van der Waals surface area contributed by atoms with E-state index in [2.05, 4.69) is 20.6 Å². The molecule has 2 heterocycles. The van der Waals surface area contributed by atoms with E-state index in [0.717, 1.165) is 13.0 Å². The molecule has 1 atom stereocenters. The maximum atomic E-state index is 12.3. The van der Waals surface area contributed by atoms with E-state index < -0.39 is 0 Å². The Balaban J connectivity index is 2.04. The van der Waals surface area contributed by atoms with Gasteiger partial charge in [-0.25, -0.2) is 9.97 Å². The number of carbonyl (C=O) groups is 1. The highest BCUT2D eigenvalue weighted by atomic mass is 16.5. The average molecular weight is 280 g/mol. The number of aromatic nitrogens is 2. The first-order valence-electron chi connectivity index (χ1n) is 6.70. The summed E-state index contributed by atoms with van der Waals surface area (Å²) in [6.45, 7) is 1.57. The van der Waals surface area contributed by atoms with Crippen molar-refractivity contribution in [3.63, 3.8) is 0 Å². The van der Waals surface area contributed by atoms with Gasteiger partial charge < -0.3 is 20.1 Å². The van der Waals surface area contributed by atoms with Gasteiger partial charge in [-0.2, -0.15) is 0 Å². The van der Waals surface area contributed by atoms with Crippen LogP contribution in [0.4, 0.5) is 0 Å². The van der Waals surface area contributed by atoms with Gasteiger partial charge in [0.15, 0.2) is 5.56 Å². The molecule has 20 heavy (non-hydrogen) atoms. The highest BCUT2D eigenvalue weighted by Crippen LogP contribution is 2.23. The summed E-state index contributed by atoms with van der Waals surface area (Å²) in [7, 11) is 2.92. The van der Waals surface area contributed by atoms with Gasteiger partial charge in [0, 0.05) is 12.6 Å². The van der Waals surface area contributed by atoms with Crippen LogP contribution in [0.1, 0.15) is 29.6 Å². The van der Waals surface area contributed by atoms with E-state index in [1.807, 2.05) is 0 Å². The molecule has 0 unspecified atom stereocenters. The number of hydrogen-bond acceptors (Lipinski definition) is 6. The van der Waals surface area contributed by atoms with Gasteiger partial charge in [0.2, 0.25) is 11.8 Å². The first-order valence-corrected chi connectivity index (χ1v) is 6.70. The molecular formula is C13H20N4O3. The number of ether oxygens (including phenoxy) is 2. The van der Waals surface area contributed by atoms with Crippen molar-refractivity contribution in [3.8, 4) is 11.8 Å². The monoisotopic (exact) mass is 280 g/mol. The van der Waals surface area contributed by atoms with Crippen molar-refractivity contribution in [1.82, 2.24) is 20.6 Å². The molecule has 0 bridgehead atoms. The van der Waals surface area contributed by atoms with Crippen molar-refractivity contribution in [1.29, 1.82) is 0 Å². The summed E-state index contributed by atoms with van der Waals surface area (Å²) in [5.74, 6) is 0.142. The molecule has 0 aliphatic carbocycles. The summed E-state index contributed by atoms with van der Waals surface area (Å²) >= 11 is 0. The Hall–Kier alpha value is -1.89. The molecule has 1 fully saturated rings. The molecule has 1 aliphatic heterocycles. The summed E-state index contributed by atoms with van der Waals surface area (Å²) in [4.78, 5) is 20.1. The molecule has 1 aromatic rings. The third-order valence-corrected chi connectivity index (χ3v) is 3.31. The Labute approximate surface area is 118 Å². The van der Waals surface area contributed by atoms with E-state index in [1.54, 1.807) is 0 Å². The highest BCUT2D eigenvalue weighted by Gasteiger charge is 2.22. The van der Waals surface area contributed by atoms with Crippen LogP contribution in [0.15, 0.2) is 6.33 Å². The third-order valence-electron chi connectivity index (χ3n) is 3.31. The summed E-state index contributed by atoms with van der Waals surface area (Å²) in [5, 5.41) is 6.25. The molecule has 1 saturated heterocycles. The van der Waals surface area contributed by atoms with E-state index in [0.29, 0.717) is 12.6 Å². The number of nitrogens with one attached hydrogen (secondary N) is 2. The van der Waals surface area contributed by atoms with Crippen LogP contribution in [0.3, 0.4) is 0 Å². The third kappa shape index (κ3) is 3.36. The molecule has 0 aromatic carbocycles. The minimum atomic E-state index is -0.285. The minimum Gasteiger partial charge on any atom is -0.480 e. The van der Waals surface area contributed by atoms with Crippen molar-refractivity contribution >= 4 is 5.91 Å². The summed E-state index contributed by atoms with van der Waals surface area (Å²) in [6, 6.07) is 0.314. The van der Waals surface area contributed by atoms with Crippen LogP contribution >= 0.6 is 0 Å². The van der Waals surface area contributed by atoms with E-state index in [9.17, 15) is 4.79 Å². The Morgan fingerprint density at radius 2 is 2.05 bits per heavy atom. The van der Waals surface area contributed by atoms with Crippen LogP contribution in [0, 0.1) is 0 Å². The second-order valence-corrected chi connectivity index (χ2v) is 4.62. The molecule has 110 valence electrons. The zero-order chi connectivity index (χ0) is 14.4. The van der Waals surface area contributed by atoms with E-state index in [4.69, 9.17) is 9.47 Å². The summed E-state index contributed by atoms with van der Waals surface area (Å²) in [5.41, 5.74) is 0.230. The SMILES string of the molecule is COc1ncnc(OC)c1C(=O)NC[C@H]1CCCCN1. The lowest BCUT2D eigenvalue weighted by molar-refractivity contribution is 0.0939. The molecule has 7 heteroatoms. The van der Waals surface area contributed by atoms with Crippen molar-refractivity contribution in [2.24, 2.45) is 0 Å². The fourth-order valence-corrected chi connectivity index (χ4v) is 2.26. The van der Waals surface area contributed by atoms with Crippen LogP contribution in [0.2, 0.25) is 0 Å². The molecular weight excluding hydrogens is 260 g/mol. The molecule has 1 aliphatic rings. The number of methoxy groups -OCH3 is 2. The number of amides is 1. The Kier molecular flexibility index (Phi) is 5.11. The fraction of sp³-hybridized carbons (Fsp3) is 0.615. The summed E-state index contributed by atoms with van der Waals surface area (Å²) < 4.78 is 10.2. The largest absolute Gasteiger partial charge is 0.480 e. The van der Waals surface area contributed by atoms with Gasteiger partial charge in [-0.15, -0.1) is 0 Å². The van der Waals surface area contributed by atoms with Gasteiger partial charge >= 0.3 is 0 Å². The van der Waals surface area contributed by atoms with Gasteiger partial charge in [-0.3, -0.25) is 4.79 Å². The molecule has 1 aromatic heterocycles.